The van der Waals surface area contributed by atoms with Gasteiger partial charge in [-0.15, -0.1) is 0 Å². The number of carbonyl (C=O) groups excluding carboxylic acids is 2. The Morgan fingerprint density at radius 2 is 1.97 bits per heavy atom. The van der Waals surface area contributed by atoms with Crippen LogP contribution in [0.3, 0.4) is 0 Å². The maximum atomic E-state index is 13.0. The summed E-state index contributed by atoms with van der Waals surface area (Å²) in [5, 5.41) is 0.833. The number of primary amides is 1. The monoisotopic (exact) mass is 443 g/mol. The Morgan fingerprint density at radius 1 is 1.23 bits per heavy atom. The van der Waals surface area contributed by atoms with E-state index in [0.717, 1.165) is 10.9 Å². The Bertz CT molecular complexity index is 1270. The quantitative estimate of drug-likeness (QED) is 0.503. The van der Waals surface area contributed by atoms with Crippen molar-refractivity contribution in [3.05, 3.63) is 33.3 Å². The van der Waals surface area contributed by atoms with Crippen LogP contribution in [0.25, 0.3) is 21.9 Å². The second kappa shape index (κ2) is 8.54. The van der Waals surface area contributed by atoms with E-state index in [9.17, 15) is 14.4 Å². The normalized spacial score (nSPS) is 14.9. The molecule has 0 bridgehead atoms. The van der Waals surface area contributed by atoms with Crippen LogP contribution in [0.5, 0.6) is 5.75 Å². The zero-order valence-electron chi connectivity index (χ0n) is 17.3. The molecule has 9 nitrogen and oxygen atoms in total. The van der Waals surface area contributed by atoms with Crippen LogP contribution < -0.4 is 16.0 Å². The first-order chi connectivity index (χ1) is 14.9. The SMILES string of the molecule is COc1ccc2[nH]c3c(=O)n(CCCC(=O)N4CCC(C(N)=O)CC4)c(=S)[nH]c3c2c1. The number of aromatic amines is 2. The van der Waals surface area contributed by atoms with Crippen LogP contribution in [0.4, 0.5) is 0 Å². The minimum atomic E-state index is -0.300. The second-order valence-corrected chi connectivity index (χ2v) is 8.22. The number of methoxy groups -OCH3 is 1. The van der Waals surface area contributed by atoms with E-state index < -0.39 is 0 Å². The summed E-state index contributed by atoms with van der Waals surface area (Å²) in [6.45, 7) is 1.42. The maximum Gasteiger partial charge on any atom is 0.278 e. The number of benzene rings is 1. The van der Waals surface area contributed by atoms with Gasteiger partial charge in [0.1, 0.15) is 11.3 Å². The van der Waals surface area contributed by atoms with E-state index in [-0.39, 0.29) is 23.3 Å². The van der Waals surface area contributed by atoms with Gasteiger partial charge in [-0.25, -0.2) is 0 Å². The van der Waals surface area contributed by atoms with Gasteiger partial charge in [-0.2, -0.15) is 0 Å². The predicted octanol–water partition coefficient (Wildman–Crippen LogP) is 2.05. The van der Waals surface area contributed by atoms with Crippen molar-refractivity contribution in [2.24, 2.45) is 11.7 Å². The molecule has 0 saturated carbocycles. The van der Waals surface area contributed by atoms with Gasteiger partial charge in [-0.3, -0.25) is 19.0 Å². The lowest BCUT2D eigenvalue weighted by Gasteiger charge is -2.30. The Hall–Kier alpha value is -3.14. The fourth-order valence-electron chi connectivity index (χ4n) is 4.15. The number of H-pyrrole nitrogens is 2. The first-order valence-electron chi connectivity index (χ1n) is 10.3. The van der Waals surface area contributed by atoms with Gasteiger partial charge in [0.05, 0.1) is 12.6 Å². The third kappa shape index (κ3) is 4.07. The largest absolute Gasteiger partial charge is 0.497 e. The number of likely N-dealkylation sites (tertiary alicyclic amines) is 1. The number of amides is 2. The standard InChI is InChI=1S/C21H25N5O4S/c1-30-13-4-5-15-14(11-13)17-18(23-15)20(29)26(21(31)24-17)8-2-3-16(27)25-9-6-12(7-10-25)19(22)28/h4-5,11-12,23H,2-3,6-10H2,1H3,(H2,22,28)(H,24,31). The minimum Gasteiger partial charge on any atom is -0.497 e. The van der Waals surface area contributed by atoms with Crippen molar-refractivity contribution in [3.63, 3.8) is 0 Å². The van der Waals surface area contributed by atoms with Crippen LogP contribution in [0.15, 0.2) is 23.0 Å². The number of rotatable bonds is 6. The molecule has 0 spiro atoms. The Labute approximate surface area is 183 Å². The molecule has 3 aromatic rings. The lowest BCUT2D eigenvalue weighted by Crippen LogP contribution is -2.41. The fourth-order valence-corrected chi connectivity index (χ4v) is 4.43. The van der Waals surface area contributed by atoms with Gasteiger partial charge >= 0.3 is 0 Å². The van der Waals surface area contributed by atoms with E-state index in [4.69, 9.17) is 22.7 Å². The highest BCUT2D eigenvalue weighted by molar-refractivity contribution is 7.71. The maximum absolute atomic E-state index is 13.0. The molecule has 3 heterocycles. The van der Waals surface area contributed by atoms with Gasteiger partial charge in [-0.1, -0.05) is 0 Å². The highest BCUT2D eigenvalue weighted by Crippen LogP contribution is 2.26. The van der Waals surface area contributed by atoms with Gasteiger partial charge in [-0.05, 0) is 49.7 Å². The zero-order chi connectivity index (χ0) is 22.1. The van der Waals surface area contributed by atoms with E-state index in [1.54, 1.807) is 12.0 Å². The number of hydrogen-bond donors (Lipinski definition) is 3. The molecule has 0 unspecified atom stereocenters. The van der Waals surface area contributed by atoms with Gasteiger partial charge in [0.2, 0.25) is 11.8 Å². The number of piperidine rings is 1. The smallest absolute Gasteiger partial charge is 0.278 e. The van der Waals surface area contributed by atoms with Crippen LogP contribution in [0.1, 0.15) is 25.7 Å². The van der Waals surface area contributed by atoms with Crippen LogP contribution in [-0.4, -0.2) is 51.4 Å². The lowest BCUT2D eigenvalue weighted by atomic mass is 9.96. The van der Waals surface area contributed by atoms with Crippen LogP contribution in [0.2, 0.25) is 0 Å². The molecule has 31 heavy (non-hydrogen) atoms. The molecular weight excluding hydrogens is 418 g/mol. The molecule has 2 aromatic heterocycles. The summed E-state index contributed by atoms with van der Waals surface area (Å²) in [4.78, 5) is 44.8. The summed E-state index contributed by atoms with van der Waals surface area (Å²) < 4.78 is 7.07. The van der Waals surface area contributed by atoms with E-state index in [0.29, 0.717) is 66.9 Å². The fraction of sp³-hybridized carbons (Fsp3) is 0.429. The molecular formula is C21H25N5O4S. The summed E-state index contributed by atoms with van der Waals surface area (Å²) in [6.07, 6.45) is 2.01. The van der Waals surface area contributed by atoms with E-state index >= 15 is 0 Å². The van der Waals surface area contributed by atoms with E-state index in [2.05, 4.69) is 9.97 Å². The van der Waals surface area contributed by atoms with Crippen molar-refractivity contribution in [2.45, 2.75) is 32.2 Å². The number of fused-ring (bicyclic) bond motifs is 3. The average molecular weight is 444 g/mol. The number of hydrogen-bond acceptors (Lipinski definition) is 5. The van der Waals surface area contributed by atoms with Gasteiger partial charge in [0, 0.05) is 42.9 Å². The van der Waals surface area contributed by atoms with Crippen LogP contribution in [0, 0.1) is 10.7 Å². The molecule has 1 fully saturated rings. The third-order valence-corrected chi connectivity index (χ3v) is 6.29. The summed E-state index contributed by atoms with van der Waals surface area (Å²) in [6, 6.07) is 5.53. The Balaban J connectivity index is 1.47. The van der Waals surface area contributed by atoms with Crippen LogP contribution in [-0.2, 0) is 16.1 Å². The first kappa shape index (κ1) is 21.1. The third-order valence-electron chi connectivity index (χ3n) is 5.96. The zero-order valence-corrected chi connectivity index (χ0v) is 18.1. The molecule has 0 radical (unpaired) electrons. The van der Waals surface area contributed by atoms with Gasteiger partial charge in [0.15, 0.2) is 4.77 Å². The number of carbonyl (C=O) groups is 2. The molecule has 1 aliphatic heterocycles. The van der Waals surface area contributed by atoms with Crippen molar-refractivity contribution >= 4 is 46.0 Å². The highest BCUT2D eigenvalue weighted by atomic mass is 32.1. The molecule has 4 N–H and O–H groups in total. The highest BCUT2D eigenvalue weighted by Gasteiger charge is 2.25. The molecule has 164 valence electrons. The molecule has 1 saturated heterocycles. The van der Waals surface area contributed by atoms with Crippen molar-refractivity contribution in [1.29, 1.82) is 0 Å². The average Bonchev–Trinajstić information content (AvgIpc) is 3.13. The Kier molecular flexibility index (Phi) is 5.81. The topological polar surface area (TPSA) is 126 Å². The molecule has 1 aliphatic rings. The number of nitrogens with zero attached hydrogens (tertiary/aromatic N) is 2. The summed E-state index contributed by atoms with van der Waals surface area (Å²) in [5.41, 5.74) is 7.02. The predicted molar refractivity (Wildman–Crippen MR) is 120 cm³/mol. The van der Waals surface area contributed by atoms with Crippen LogP contribution >= 0.6 is 12.2 Å². The summed E-state index contributed by atoms with van der Waals surface area (Å²) >= 11 is 5.42. The number of ether oxygens (including phenoxy) is 1. The van der Waals surface area contributed by atoms with Crippen molar-refractivity contribution in [1.82, 2.24) is 19.4 Å². The molecule has 1 aromatic carbocycles. The number of nitrogens with one attached hydrogen (secondary N) is 2. The molecule has 4 rings (SSSR count). The van der Waals surface area contributed by atoms with Gasteiger partial charge in [0.25, 0.3) is 5.56 Å². The summed E-state index contributed by atoms with van der Waals surface area (Å²) in [5.74, 6) is 0.260. The van der Waals surface area contributed by atoms with Crippen molar-refractivity contribution in [3.8, 4) is 5.75 Å². The van der Waals surface area contributed by atoms with E-state index in [1.807, 2.05) is 18.2 Å². The Morgan fingerprint density at radius 3 is 2.65 bits per heavy atom. The minimum absolute atomic E-state index is 0.0182. The van der Waals surface area contributed by atoms with Gasteiger partial charge < -0.3 is 25.3 Å². The second-order valence-electron chi connectivity index (χ2n) is 7.83. The molecule has 0 aliphatic carbocycles. The number of aromatic nitrogens is 3. The lowest BCUT2D eigenvalue weighted by molar-refractivity contribution is -0.135. The molecule has 10 heteroatoms. The molecule has 0 atom stereocenters. The first-order valence-corrected chi connectivity index (χ1v) is 10.7. The summed E-state index contributed by atoms with van der Waals surface area (Å²) in [7, 11) is 1.59. The van der Waals surface area contributed by atoms with Crippen molar-refractivity contribution < 1.29 is 14.3 Å². The molecule has 2 amide bonds. The van der Waals surface area contributed by atoms with E-state index in [1.165, 1.54) is 4.57 Å². The number of nitrogens with two attached hydrogens (primary N) is 1. The van der Waals surface area contributed by atoms with Crippen molar-refractivity contribution in [2.75, 3.05) is 20.2 Å².